The van der Waals surface area contributed by atoms with Gasteiger partial charge < -0.3 is 10.2 Å². The van der Waals surface area contributed by atoms with Crippen molar-refractivity contribution in [3.63, 3.8) is 0 Å². The minimum atomic E-state index is 0.321. The van der Waals surface area contributed by atoms with Gasteiger partial charge in [-0.25, -0.2) is 0 Å². The number of nitrogens with one attached hydrogen (secondary N) is 1. The second kappa shape index (κ2) is 6.72. The van der Waals surface area contributed by atoms with Gasteiger partial charge in [-0.3, -0.25) is 4.98 Å². The fourth-order valence-electron chi connectivity index (χ4n) is 2.12. The standard InChI is InChI=1S/C14H25N3/c1-14(2,12-17(3)4)11-16-10-7-13-5-8-15-9-6-13/h5-6,8-9,16H,7,10-12H2,1-4H3. The molecule has 0 atom stereocenters. The molecule has 0 radical (unpaired) electrons. The van der Waals surface area contributed by atoms with E-state index in [4.69, 9.17) is 0 Å². The number of pyridine rings is 1. The summed E-state index contributed by atoms with van der Waals surface area (Å²) in [6.07, 6.45) is 4.77. The maximum atomic E-state index is 4.02. The summed E-state index contributed by atoms with van der Waals surface area (Å²) in [4.78, 5) is 6.26. The van der Waals surface area contributed by atoms with Gasteiger partial charge in [0.1, 0.15) is 0 Å². The van der Waals surface area contributed by atoms with Crippen molar-refractivity contribution in [3.8, 4) is 0 Å². The summed E-state index contributed by atoms with van der Waals surface area (Å²) in [6.45, 7) is 7.78. The van der Waals surface area contributed by atoms with Crippen molar-refractivity contribution in [2.24, 2.45) is 5.41 Å². The van der Waals surface area contributed by atoms with Gasteiger partial charge >= 0.3 is 0 Å². The highest BCUT2D eigenvalue weighted by Gasteiger charge is 2.17. The smallest absolute Gasteiger partial charge is 0.0270 e. The van der Waals surface area contributed by atoms with E-state index < -0.39 is 0 Å². The SMILES string of the molecule is CN(C)CC(C)(C)CNCCc1ccncc1. The van der Waals surface area contributed by atoms with E-state index in [1.54, 1.807) is 0 Å². The number of nitrogens with zero attached hydrogens (tertiary/aromatic N) is 2. The van der Waals surface area contributed by atoms with Gasteiger partial charge in [-0.15, -0.1) is 0 Å². The first-order valence-electron chi connectivity index (χ1n) is 6.24. The molecule has 0 aromatic carbocycles. The molecule has 0 fully saturated rings. The Bertz CT molecular complexity index is 307. The fraction of sp³-hybridized carbons (Fsp3) is 0.643. The molecule has 0 aliphatic rings. The van der Waals surface area contributed by atoms with E-state index in [2.05, 4.69) is 55.3 Å². The largest absolute Gasteiger partial charge is 0.316 e. The lowest BCUT2D eigenvalue weighted by Gasteiger charge is -2.28. The third-order valence-corrected chi connectivity index (χ3v) is 2.69. The first kappa shape index (κ1) is 14.1. The third-order valence-electron chi connectivity index (χ3n) is 2.69. The molecule has 0 aliphatic carbocycles. The predicted molar refractivity (Wildman–Crippen MR) is 73.1 cm³/mol. The third kappa shape index (κ3) is 6.39. The van der Waals surface area contributed by atoms with Crippen LogP contribution in [0, 0.1) is 5.41 Å². The molecule has 1 rings (SSSR count). The van der Waals surface area contributed by atoms with Crippen molar-refractivity contribution < 1.29 is 0 Å². The molecule has 96 valence electrons. The molecular formula is C14H25N3. The monoisotopic (exact) mass is 235 g/mol. The average Bonchev–Trinajstić information content (AvgIpc) is 2.24. The van der Waals surface area contributed by atoms with Crippen LogP contribution in [0.5, 0.6) is 0 Å². The quantitative estimate of drug-likeness (QED) is 0.731. The topological polar surface area (TPSA) is 28.2 Å². The van der Waals surface area contributed by atoms with Crippen LogP contribution < -0.4 is 5.32 Å². The Morgan fingerprint density at radius 2 is 1.88 bits per heavy atom. The summed E-state index contributed by atoms with van der Waals surface area (Å²) in [7, 11) is 4.25. The summed E-state index contributed by atoms with van der Waals surface area (Å²) >= 11 is 0. The Morgan fingerprint density at radius 3 is 2.47 bits per heavy atom. The molecule has 0 saturated carbocycles. The van der Waals surface area contributed by atoms with Crippen LogP contribution in [0.15, 0.2) is 24.5 Å². The van der Waals surface area contributed by atoms with Crippen LogP contribution in [0.1, 0.15) is 19.4 Å². The Hall–Kier alpha value is -0.930. The van der Waals surface area contributed by atoms with Crippen LogP contribution in [-0.4, -0.2) is 43.6 Å². The van der Waals surface area contributed by atoms with Gasteiger partial charge in [0, 0.05) is 25.5 Å². The molecule has 1 N–H and O–H groups in total. The highest BCUT2D eigenvalue weighted by Crippen LogP contribution is 2.13. The van der Waals surface area contributed by atoms with Crippen LogP contribution in [0.3, 0.4) is 0 Å². The summed E-state index contributed by atoms with van der Waals surface area (Å²) in [6, 6.07) is 4.15. The molecule has 0 bridgehead atoms. The molecule has 3 nitrogen and oxygen atoms in total. The average molecular weight is 235 g/mol. The van der Waals surface area contributed by atoms with E-state index >= 15 is 0 Å². The van der Waals surface area contributed by atoms with Gasteiger partial charge in [0.2, 0.25) is 0 Å². The Labute approximate surface area is 105 Å². The van der Waals surface area contributed by atoms with Crippen molar-refractivity contribution in [2.75, 3.05) is 33.7 Å². The molecule has 1 aromatic rings. The summed E-state index contributed by atoms with van der Waals surface area (Å²) < 4.78 is 0. The number of hydrogen-bond acceptors (Lipinski definition) is 3. The lowest BCUT2D eigenvalue weighted by molar-refractivity contribution is 0.233. The molecule has 17 heavy (non-hydrogen) atoms. The fourth-order valence-corrected chi connectivity index (χ4v) is 2.12. The highest BCUT2D eigenvalue weighted by atomic mass is 15.1. The van der Waals surface area contributed by atoms with Crippen molar-refractivity contribution in [1.82, 2.24) is 15.2 Å². The second-order valence-corrected chi connectivity index (χ2v) is 5.68. The van der Waals surface area contributed by atoms with Gasteiger partial charge in [-0.2, -0.15) is 0 Å². The van der Waals surface area contributed by atoms with Crippen LogP contribution in [0.4, 0.5) is 0 Å². The Kier molecular flexibility index (Phi) is 5.59. The molecule has 3 heteroatoms. The van der Waals surface area contributed by atoms with Crippen molar-refractivity contribution in [2.45, 2.75) is 20.3 Å². The van der Waals surface area contributed by atoms with Gasteiger partial charge in [-0.05, 0) is 50.2 Å². The summed E-state index contributed by atoms with van der Waals surface area (Å²) in [5.41, 5.74) is 1.67. The predicted octanol–water partition coefficient (Wildman–Crippen LogP) is 1.80. The molecule has 0 unspecified atom stereocenters. The molecule has 1 heterocycles. The number of hydrogen-bond donors (Lipinski definition) is 1. The summed E-state index contributed by atoms with van der Waals surface area (Å²) in [5.74, 6) is 0. The minimum Gasteiger partial charge on any atom is -0.316 e. The lowest BCUT2D eigenvalue weighted by Crippen LogP contribution is -2.38. The van der Waals surface area contributed by atoms with E-state index in [1.807, 2.05) is 12.4 Å². The van der Waals surface area contributed by atoms with Crippen molar-refractivity contribution >= 4 is 0 Å². The number of aromatic nitrogens is 1. The lowest BCUT2D eigenvalue weighted by atomic mass is 9.93. The Morgan fingerprint density at radius 1 is 1.24 bits per heavy atom. The van der Waals surface area contributed by atoms with Crippen LogP contribution >= 0.6 is 0 Å². The van der Waals surface area contributed by atoms with Crippen molar-refractivity contribution in [3.05, 3.63) is 30.1 Å². The second-order valence-electron chi connectivity index (χ2n) is 5.68. The molecule has 0 saturated heterocycles. The highest BCUT2D eigenvalue weighted by molar-refractivity contribution is 5.09. The van der Waals surface area contributed by atoms with Crippen LogP contribution in [-0.2, 0) is 6.42 Å². The maximum Gasteiger partial charge on any atom is 0.0270 e. The van der Waals surface area contributed by atoms with E-state index in [0.29, 0.717) is 5.41 Å². The van der Waals surface area contributed by atoms with Crippen LogP contribution in [0.25, 0.3) is 0 Å². The maximum absolute atomic E-state index is 4.02. The molecule has 0 amide bonds. The zero-order chi connectivity index (χ0) is 12.7. The van der Waals surface area contributed by atoms with Gasteiger partial charge in [-0.1, -0.05) is 13.8 Å². The number of rotatable bonds is 7. The zero-order valence-electron chi connectivity index (χ0n) is 11.5. The molecule has 0 aliphatic heterocycles. The normalized spacial score (nSPS) is 12.1. The van der Waals surface area contributed by atoms with Crippen molar-refractivity contribution in [1.29, 1.82) is 0 Å². The Balaban J connectivity index is 2.20. The van der Waals surface area contributed by atoms with E-state index in [9.17, 15) is 0 Å². The molecule has 0 spiro atoms. The minimum absolute atomic E-state index is 0.321. The van der Waals surface area contributed by atoms with Gasteiger partial charge in [0.15, 0.2) is 0 Å². The van der Waals surface area contributed by atoms with E-state index in [1.165, 1.54) is 5.56 Å². The summed E-state index contributed by atoms with van der Waals surface area (Å²) in [5, 5.41) is 3.53. The zero-order valence-corrected chi connectivity index (χ0v) is 11.5. The first-order chi connectivity index (χ1) is 7.99. The van der Waals surface area contributed by atoms with Gasteiger partial charge in [0.25, 0.3) is 0 Å². The van der Waals surface area contributed by atoms with E-state index in [-0.39, 0.29) is 0 Å². The van der Waals surface area contributed by atoms with Gasteiger partial charge in [0.05, 0.1) is 0 Å². The van der Waals surface area contributed by atoms with Crippen LogP contribution in [0.2, 0.25) is 0 Å². The molecular weight excluding hydrogens is 210 g/mol. The van der Waals surface area contributed by atoms with E-state index in [0.717, 1.165) is 26.1 Å². The molecule has 1 aromatic heterocycles. The first-order valence-corrected chi connectivity index (χ1v) is 6.24.